The van der Waals surface area contributed by atoms with Gasteiger partial charge in [0, 0.05) is 5.69 Å². The van der Waals surface area contributed by atoms with Gasteiger partial charge in [-0.2, -0.15) is 0 Å². The molecule has 4 bridgehead atoms. The Morgan fingerprint density at radius 3 is 2.23 bits per heavy atom. The van der Waals surface area contributed by atoms with E-state index in [1.165, 1.54) is 0 Å². The van der Waals surface area contributed by atoms with Crippen molar-refractivity contribution in [3.05, 3.63) is 32.1 Å². The second kappa shape index (κ2) is 4.49. The predicted octanol–water partition coefficient (Wildman–Crippen LogP) is 1.99. The molecule has 1 amide bonds. The van der Waals surface area contributed by atoms with Gasteiger partial charge in [-0.15, -0.1) is 0 Å². The summed E-state index contributed by atoms with van der Waals surface area (Å²) < 4.78 is 15.6. The van der Waals surface area contributed by atoms with Gasteiger partial charge in [0.2, 0.25) is 5.91 Å². The lowest BCUT2D eigenvalue weighted by Crippen LogP contribution is -2.64. The SMILES string of the molecule is CC12CC3(C)CC(F)(C1)CC(C(=O)N1Cc4[nH]c(=O)[nH]c(=O)c4C1)(C2)C3. The molecular formula is C19H24FN3O3. The van der Waals surface area contributed by atoms with Crippen LogP contribution in [0, 0.1) is 16.2 Å². The van der Waals surface area contributed by atoms with Crippen molar-refractivity contribution in [1.82, 2.24) is 14.9 Å². The van der Waals surface area contributed by atoms with Crippen LogP contribution in [0.5, 0.6) is 0 Å². The summed E-state index contributed by atoms with van der Waals surface area (Å²) in [6, 6.07) is 0. The number of carbonyl (C=O) groups excluding carboxylic acids is 1. The molecule has 26 heavy (non-hydrogen) atoms. The summed E-state index contributed by atoms with van der Waals surface area (Å²) in [4.78, 5) is 43.6. The smallest absolute Gasteiger partial charge is 0.325 e. The van der Waals surface area contributed by atoms with Gasteiger partial charge in [-0.05, 0) is 49.4 Å². The van der Waals surface area contributed by atoms with Crippen LogP contribution in [0.2, 0.25) is 0 Å². The quantitative estimate of drug-likeness (QED) is 0.802. The molecule has 0 aromatic carbocycles. The third kappa shape index (κ3) is 2.12. The van der Waals surface area contributed by atoms with Crippen molar-refractivity contribution >= 4 is 5.91 Å². The Morgan fingerprint density at radius 2 is 1.62 bits per heavy atom. The van der Waals surface area contributed by atoms with Crippen LogP contribution < -0.4 is 11.2 Å². The van der Waals surface area contributed by atoms with Crippen molar-refractivity contribution in [1.29, 1.82) is 0 Å². The molecule has 1 aliphatic heterocycles. The van der Waals surface area contributed by atoms with Crippen molar-refractivity contribution in [2.45, 2.75) is 71.1 Å². The van der Waals surface area contributed by atoms with Gasteiger partial charge in [-0.25, -0.2) is 9.18 Å². The predicted molar refractivity (Wildman–Crippen MR) is 92.1 cm³/mol. The lowest BCUT2D eigenvalue weighted by Gasteiger charge is -2.66. The van der Waals surface area contributed by atoms with Crippen molar-refractivity contribution in [3.63, 3.8) is 0 Å². The van der Waals surface area contributed by atoms with E-state index in [0.717, 1.165) is 19.3 Å². The van der Waals surface area contributed by atoms with Crippen LogP contribution in [0.4, 0.5) is 4.39 Å². The Labute approximate surface area is 150 Å². The summed E-state index contributed by atoms with van der Waals surface area (Å²) in [5, 5.41) is 0. The normalized spacial score (nSPS) is 43.0. The average molecular weight is 361 g/mol. The minimum Gasteiger partial charge on any atom is -0.332 e. The first kappa shape index (κ1) is 16.3. The number of alkyl halides is 1. The van der Waals surface area contributed by atoms with Crippen molar-refractivity contribution < 1.29 is 9.18 Å². The van der Waals surface area contributed by atoms with Crippen LogP contribution in [0.25, 0.3) is 0 Å². The molecule has 4 fully saturated rings. The van der Waals surface area contributed by atoms with Crippen LogP contribution in [0.3, 0.4) is 0 Å². The molecule has 2 atom stereocenters. The lowest BCUT2D eigenvalue weighted by molar-refractivity contribution is -0.207. The molecule has 1 aromatic heterocycles. The summed E-state index contributed by atoms with van der Waals surface area (Å²) in [7, 11) is 0. The van der Waals surface area contributed by atoms with Crippen LogP contribution >= 0.6 is 0 Å². The fourth-order valence-corrected chi connectivity index (χ4v) is 7.56. The maximum absolute atomic E-state index is 15.6. The number of aromatic amines is 2. The molecule has 6 nitrogen and oxygen atoms in total. The standard InChI is InChI=1S/C19H24FN3O3/c1-16-5-17(2)7-18(6-16,10-19(20,8-16)9-17)14(25)23-3-11-12(4-23)21-15(26)22-13(11)24/h3-10H2,1-2H3,(H2,21,22,24,26). The van der Waals surface area contributed by atoms with Crippen LogP contribution in [0.15, 0.2) is 9.59 Å². The van der Waals surface area contributed by atoms with Gasteiger partial charge in [0.1, 0.15) is 5.67 Å². The number of H-pyrrole nitrogens is 2. The summed E-state index contributed by atoms with van der Waals surface area (Å²) in [5.41, 5.74) is -2.25. The molecule has 4 aliphatic carbocycles. The molecule has 0 spiro atoms. The molecule has 7 heteroatoms. The van der Waals surface area contributed by atoms with E-state index in [1.54, 1.807) is 4.90 Å². The van der Waals surface area contributed by atoms with Crippen molar-refractivity contribution in [2.24, 2.45) is 16.2 Å². The first-order chi connectivity index (χ1) is 12.0. The molecular weight excluding hydrogens is 337 g/mol. The molecule has 4 saturated carbocycles. The Hall–Kier alpha value is -1.92. The van der Waals surface area contributed by atoms with Gasteiger partial charge in [0.25, 0.3) is 5.56 Å². The van der Waals surface area contributed by atoms with E-state index < -0.39 is 22.3 Å². The van der Waals surface area contributed by atoms with Gasteiger partial charge < -0.3 is 9.88 Å². The van der Waals surface area contributed by atoms with Gasteiger partial charge in [-0.1, -0.05) is 13.8 Å². The number of halogens is 1. The number of aromatic nitrogens is 2. The summed E-state index contributed by atoms with van der Waals surface area (Å²) >= 11 is 0. The number of hydrogen-bond acceptors (Lipinski definition) is 3. The maximum atomic E-state index is 15.6. The van der Waals surface area contributed by atoms with Gasteiger partial charge >= 0.3 is 5.69 Å². The third-order valence-corrected chi connectivity index (χ3v) is 7.09. The minimum absolute atomic E-state index is 0.0486. The largest absolute Gasteiger partial charge is 0.332 e. The van der Waals surface area contributed by atoms with E-state index in [1.807, 2.05) is 0 Å². The number of fused-ring (bicyclic) bond motifs is 1. The summed E-state index contributed by atoms with van der Waals surface area (Å²) in [5.74, 6) is -0.0486. The highest BCUT2D eigenvalue weighted by atomic mass is 19.1. The molecule has 140 valence electrons. The first-order valence-corrected chi connectivity index (χ1v) is 9.36. The fraction of sp³-hybridized carbons (Fsp3) is 0.737. The number of carbonyl (C=O) groups is 1. The lowest BCUT2D eigenvalue weighted by atomic mass is 9.39. The monoisotopic (exact) mass is 361 g/mol. The Balaban J connectivity index is 1.51. The van der Waals surface area contributed by atoms with Gasteiger partial charge in [-0.3, -0.25) is 14.6 Å². The zero-order valence-corrected chi connectivity index (χ0v) is 15.2. The zero-order valence-electron chi connectivity index (χ0n) is 15.2. The zero-order chi connectivity index (χ0) is 18.5. The molecule has 2 N–H and O–H groups in total. The second-order valence-electron chi connectivity index (χ2n) is 10.1. The van der Waals surface area contributed by atoms with E-state index >= 15 is 4.39 Å². The highest BCUT2D eigenvalue weighted by Crippen LogP contribution is 2.72. The minimum atomic E-state index is -1.26. The first-order valence-electron chi connectivity index (χ1n) is 9.36. The van der Waals surface area contributed by atoms with Crippen LogP contribution in [-0.4, -0.2) is 26.4 Å². The fourth-order valence-electron chi connectivity index (χ4n) is 7.56. The number of amides is 1. The maximum Gasteiger partial charge on any atom is 0.325 e. The molecule has 1 aromatic rings. The van der Waals surface area contributed by atoms with E-state index in [-0.39, 0.29) is 29.8 Å². The molecule has 2 heterocycles. The Kier molecular flexibility index (Phi) is 2.81. The van der Waals surface area contributed by atoms with E-state index in [0.29, 0.717) is 30.5 Å². The van der Waals surface area contributed by atoms with Crippen molar-refractivity contribution in [3.8, 4) is 0 Å². The highest BCUT2D eigenvalue weighted by molar-refractivity contribution is 5.84. The average Bonchev–Trinajstić information content (AvgIpc) is 2.85. The third-order valence-electron chi connectivity index (χ3n) is 7.09. The van der Waals surface area contributed by atoms with Crippen molar-refractivity contribution in [2.75, 3.05) is 0 Å². The van der Waals surface area contributed by atoms with Gasteiger partial charge in [0.05, 0.1) is 24.1 Å². The number of rotatable bonds is 1. The molecule has 2 unspecified atom stereocenters. The highest BCUT2D eigenvalue weighted by Gasteiger charge is 2.68. The molecule has 0 radical (unpaired) electrons. The van der Waals surface area contributed by atoms with E-state index in [2.05, 4.69) is 23.8 Å². The summed E-state index contributed by atoms with van der Waals surface area (Å²) in [6.45, 7) is 4.66. The van der Waals surface area contributed by atoms with Crippen LogP contribution in [-0.2, 0) is 17.9 Å². The molecule has 6 rings (SSSR count). The van der Waals surface area contributed by atoms with Gasteiger partial charge in [0.15, 0.2) is 0 Å². The Morgan fingerprint density at radius 1 is 0.962 bits per heavy atom. The van der Waals surface area contributed by atoms with E-state index in [4.69, 9.17) is 0 Å². The van der Waals surface area contributed by atoms with E-state index in [9.17, 15) is 14.4 Å². The molecule has 5 aliphatic rings. The second-order valence-corrected chi connectivity index (χ2v) is 10.1. The molecule has 0 saturated heterocycles. The Bertz CT molecular complexity index is 895. The summed E-state index contributed by atoms with van der Waals surface area (Å²) in [6.07, 6.45) is 3.83. The number of nitrogens with zero attached hydrogens (tertiary/aromatic N) is 1. The van der Waals surface area contributed by atoms with Crippen LogP contribution in [0.1, 0.15) is 63.6 Å². The topological polar surface area (TPSA) is 86.0 Å². The number of nitrogens with one attached hydrogen (secondary N) is 2. The number of hydrogen-bond donors (Lipinski definition) is 2.